The lowest BCUT2D eigenvalue weighted by Crippen LogP contribution is -2.17. The summed E-state index contributed by atoms with van der Waals surface area (Å²) in [6.07, 6.45) is 4.55. The molecule has 0 amide bonds. The fraction of sp³-hybridized carbons (Fsp3) is 0.600. The summed E-state index contributed by atoms with van der Waals surface area (Å²) in [6.45, 7) is 6.11. The number of rotatable bonds is 3. The van der Waals surface area contributed by atoms with Gasteiger partial charge in [-0.15, -0.1) is 0 Å². The molecule has 0 bridgehead atoms. The predicted molar refractivity (Wildman–Crippen MR) is 55.5 cm³/mol. The highest BCUT2D eigenvalue weighted by Gasteiger charge is 2.06. The molecule has 0 aliphatic carbocycles. The molecule has 0 aliphatic rings. The summed E-state index contributed by atoms with van der Waals surface area (Å²) in [4.78, 5) is 8.29. The van der Waals surface area contributed by atoms with Gasteiger partial charge in [0.05, 0.1) is 6.04 Å². The molecule has 1 aromatic heterocycles. The normalized spacial score (nSPS) is 11.4. The fourth-order valence-electron chi connectivity index (χ4n) is 1.01. The number of hydrogen-bond donors (Lipinski definition) is 1. The van der Waals surface area contributed by atoms with Gasteiger partial charge in [0.15, 0.2) is 0 Å². The van der Waals surface area contributed by atoms with Gasteiger partial charge < -0.3 is 5.32 Å². The van der Waals surface area contributed by atoms with Crippen LogP contribution in [0.4, 0.5) is 0 Å². The van der Waals surface area contributed by atoms with Crippen LogP contribution in [0, 0.1) is 0 Å². The molecule has 1 N–H and O–H groups in total. The summed E-state index contributed by atoms with van der Waals surface area (Å²) >= 11 is 0. The highest BCUT2D eigenvalue weighted by atomic mass is 15.0. The molecule has 0 saturated heterocycles. The summed E-state index contributed by atoms with van der Waals surface area (Å²) in [6, 6.07) is 2.11. The van der Waals surface area contributed by atoms with E-state index in [1.165, 1.54) is 0 Å². The Morgan fingerprint density at radius 1 is 1.31 bits per heavy atom. The van der Waals surface area contributed by atoms with Crippen molar-refractivity contribution in [1.29, 1.82) is 0 Å². The standard InChI is InChI=1S/C8H13N3.C2H6/c1-3-7(9-2)8-10-5-4-6-11-8;1-2/h4-7,9H,3H2,1-2H3;1-2H3. The van der Waals surface area contributed by atoms with Crippen LogP contribution in [0.2, 0.25) is 0 Å². The van der Waals surface area contributed by atoms with Gasteiger partial charge in [-0.25, -0.2) is 9.97 Å². The summed E-state index contributed by atoms with van der Waals surface area (Å²) in [5.41, 5.74) is 0. The van der Waals surface area contributed by atoms with Crippen LogP contribution in [0.3, 0.4) is 0 Å². The third-order valence-electron chi connectivity index (χ3n) is 1.65. The average molecular weight is 181 g/mol. The molecule has 0 spiro atoms. The van der Waals surface area contributed by atoms with Gasteiger partial charge in [0.25, 0.3) is 0 Å². The molecule has 1 heterocycles. The van der Waals surface area contributed by atoms with E-state index in [0.717, 1.165) is 12.2 Å². The second-order valence-electron chi connectivity index (χ2n) is 2.36. The number of aromatic nitrogens is 2. The fourth-order valence-corrected chi connectivity index (χ4v) is 1.01. The van der Waals surface area contributed by atoms with Crippen LogP contribution in [-0.2, 0) is 0 Å². The van der Waals surface area contributed by atoms with Gasteiger partial charge >= 0.3 is 0 Å². The number of hydrogen-bond acceptors (Lipinski definition) is 3. The Morgan fingerprint density at radius 2 is 1.85 bits per heavy atom. The van der Waals surface area contributed by atoms with Crippen molar-refractivity contribution < 1.29 is 0 Å². The van der Waals surface area contributed by atoms with Crippen molar-refractivity contribution in [3.05, 3.63) is 24.3 Å². The second kappa shape index (κ2) is 7.68. The highest BCUT2D eigenvalue weighted by Crippen LogP contribution is 2.08. The zero-order valence-electron chi connectivity index (χ0n) is 8.91. The van der Waals surface area contributed by atoms with Crippen LogP contribution in [0.5, 0.6) is 0 Å². The summed E-state index contributed by atoms with van der Waals surface area (Å²) in [7, 11) is 1.92. The third kappa shape index (κ3) is 3.99. The van der Waals surface area contributed by atoms with Crippen LogP contribution in [0.25, 0.3) is 0 Å². The molecule has 0 aliphatic heterocycles. The monoisotopic (exact) mass is 181 g/mol. The largest absolute Gasteiger partial charge is 0.310 e. The van der Waals surface area contributed by atoms with Crippen molar-refractivity contribution in [3.63, 3.8) is 0 Å². The Kier molecular flexibility index (Phi) is 7.11. The molecule has 1 atom stereocenters. The van der Waals surface area contributed by atoms with Crippen molar-refractivity contribution >= 4 is 0 Å². The van der Waals surface area contributed by atoms with Crippen LogP contribution >= 0.6 is 0 Å². The molecule has 0 fully saturated rings. The van der Waals surface area contributed by atoms with Gasteiger partial charge in [-0.3, -0.25) is 0 Å². The van der Waals surface area contributed by atoms with Crippen molar-refractivity contribution in [1.82, 2.24) is 15.3 Å². The topological polar surface area (TPSA) is 37.8 Å². The lowest BCUT2D eigenvalue weighted by molar-refractivity contribution is 0.544. The molecule has 1 unspecified atom stereocenters. The van der Waals surface area contributed by atoms with Crippen molar-refractivity contribution in [3.8, 4) is 0 Å². The Hall–Kier alpha value is -0.960. The van der Waals surface area contributed by atoms with Crippen LogP contribution < -0.4 is 5.32 Å². The first kappa shape index (κ1) is 12.0. The summed E-state index contributed by atoms with van der Waals surface area (Å²) in [5, 5.41) is 3.14. The van der Waals surface area contributed by atoms with Crippen molar-refractivity contribution in [2.45, 2.75) is 33.2 Å². The van der Waals surface area contributed by atoms with E-state index in [1.54, 1.807) is 12.4 Å². The first-order valence-corrected chi connectivity index (χ1v) is 4.82. The molecule has 0 radical (unpaired) electrons. The molecule has 13 heavy (non-hydrogen) atoms. The maximum Gasteiger partial charge on any atom is 0.145 e. The van der Waals surface area contributed by atoms with Gasteiger partial charge in [-0.1, -0.05) is 20.8 Å². The Bertz CT molecular complexity index is 195. The lowest BCUT2D eigenvalue weighted by Gasteiger charge is -2.10. The van der Waals surface area contributed by atoms with E-state index in [9.17, 15) is 0 Å². The Balaban J connectivity index is 0.000000671. The smallest absolute Gasteiger partial charge is 0.145 e. The van der Waals surface area contributed by atoms with Crippen molar-refractivity contribution in [2.75, 3.05) is 7.05 Å². The maximum atomic E-state index is 4.15. The zero-order chi connectivity index (χ0) is 10.1. The van der Waals surface area contributed by atoms with Crippen LogP contribution in [-0.4, -0.2) is 17.0 Å². The molecule has 3 nitrogen and oxygen atoms in total. The molecule has 1 rings (SSSR count). The minimum atomic E-state index is 0.288. The molecule has 0 aromatic carbocycles. The van der Waals surface area contributed by atoms with Crippen LogP contribution in [0.1, 0.15) is 39.1 Å². The van der Waals surface area contributed by atoms with Gasteiger partial charge in [-0.05, 0) is 19.5 Å². The van der Waals surface area contributed by atoms with Gasteiger partial charge in [0, 0.05) is 12.4 Å². The van der Waals surface area contributed by atoms with Crippen LogP contribution in [0.15, 0.2) is 18.5 Å². The van der Waals surface area contributed by atoms with E-state index in [2.05, 4.69) is 22.2 Å². The van der Waals surface area contributed by atoms with E-state index in [0.29, 0.717) is 0 Å². The number of nitrogens with one attached hydrogen (secondary N) is 1. The zero-order valence-corrected chi connectivity index (χ0v) is 8.91. The molecule has 0 saturated carbocycles. The first-order valence-electron chi connectivity index (χ1n) is 4.82. The van der Waals surface area contributed by atoms with E-state index in [1.807, 2.05) is 27.0 Å². The van der Waals surface area contributed by atoms with Gasteiger partial charge in [0.1, 0.15) is 5.82 Å². The second-order valence-corrected chi connectivity index (χ2v) is 2.36. The minimum Gasteiger partial charge on any atom is -0.310 e. The maximum absolute atomic E-state index is 4.15. The van der Waals surface area contributed by atoms with Gasteiger partial charge in [0.2, 0.25) is 0 Å². The Labute approximate surface area is 80.6 Å². The molecule has 1 aromatic rings. The quantitative estimate of drug-likeness (QED) is 0.776. The first-order chi connectivity index (χ1) is 6.38. The minimum absolute atomic E-state index is 0.288. The molecule has 74 valence electrons. The molecular weight excluding hydrogens is 162 g/mol. The van der Waals surface area contributed by atoms with E-state index >= 15 is 0 Å². The lowest BCUT2D eigenvalue weighted by atomic mass is 10.2. The predicted octanol–water partition coefficient (Wildman–Crippen LogP) is 2.17. The van der Waals surface area contributed by atoms with E-state index in [4.69, 9.17) is 0 Å². The van der Waals surface area contributed by atoms with E-state index in [-0.39, 0.29) is 6.04 Å². The Morgan fingerprint density at radius 3 is 2.23 bits per heavy atom. The van der Waals surface area contributed by atoms with Gasteiger partial charge in [-0.2, -0.15) is 0 Å². The number of nitrogens with zero attached hydrogens (tertiary/aromatic N) is 2. The SMILES string of the molecule is CC.CCC(NC)c1ncccn1. The summed E-state index contributed by atoms with van der Waals surface area (Å²) in [5.74, 6) is 0.873. The van der Waals surface area contributed by atoms with E-state index < -0.39 is 0 Å². The summed E-state index contributed by atoms with van der Waals surface area (Å²) < 4.78 is 0. The average Bonchev–Trinajstić information content (AvgIpc) is 2.24. The third-order valence-corrected chi connectivity index (χ3v) is 1.65. The van der Waals surface area contributed by atoms with Crippen molar-refractivity contribution in [2.24, 2.45) is 0 Å². The highest BCUT2D eigenvalue weighted by molar-refractivity contribution is 4.94. The molecular formula is C10H19N3. The molecule has 3 heteroatoms.